The number of nitrogens with one attached hydrogen (secondary N) is 2. The Balaban J connectivity index is 1.45. The Hall–Kier alpha value is -1.32. The van der Waals surface area contributed by atoms with Crippen LogP contribution in [0.15, 0.2) is 12.4 Å². The number of aromatic amines is 1. The van der Waals surface area contributed by atoms with Crippen LogP contribution >= 0.6 is 0 Å². The maximum absolute atomic E-state index is 11.7. The fourth-order valence-electron chi connectivity index (χ4n) is 2.98. The second-order valence-corrected chi connectivity index (χ2v) is 5.89. The molecular weight excluding hydrogens is 250 g/mol. The van der Waals surface area contributed by atoms with Crippen LogP contribution in [0.4, 0.5) is 0 Å². The SMILES string of the molecule is O=C(CCC1CCCCC1)NCCCCc1ncc[nH]1. The lowest BCUT2D eigenvalue weighted by atomic mass is 9.86. The molecule has 2 rings (SSSR count). The average molecular weight is 277 g/mol. The number of unbranched alkanes of at least 4 members (excludes halogenated alkanes) is 1. The highest BCUT2D eigenvalue weighted by molar-refractivity contribution is 5.75. The predicted molar refractivity (Wildman–Crippen MR) is 80.3 cm³/mol. The third kappa shape index (κ3) is 5.76. The van der Waals surface area contributed by atoms with Crippen molar-refractivity contribution in [2.75, 3.05) is 6.54 Å². The highest BCUT2D eigenvalue weighted by Crippen LogP contribution is 2.27. The second kappa shape index (κ2) is 8.77. The van der Waals surface area contributed by atoms with E-state index in [9.17, 15) is 4.79 Å². The van der Waals surface area contributed by atoms with Crippen molar-refractivity contribution in [3.63, 3.8) is 0 Å². The van der Waals surface area contributed by atoms with Crippen molar-refractivity contribution in [3.05, 3.63) is 18.2 Å². The van der Waals surface area contributed by atoms with Crippen LogP contribution in [0.1, 0.15) is 63.6 Å². The van der Waals surface area contributed by atoms with Gasteiger partial charge in [-0.1, -0.05) is 32.1 Å². The van der Waals surface area contributed by atoms with Crippen molar-refractivity contribution >= 4 is 5.91 Å². The first kappa shape index (κ1) is 15.1. The molecule has 1 aromatic heterocycles. The normalized spacial score (nSPS) is 16.2. The van der Waals surface area contributed by atoms with Gasteiger partial charge in [0.1, 0.15) is 5.82 Å². The van der Waals surface area contributed by atoms with Gasteiger partial charge in [-0.3, -0.25) is 4.79 Å². The molecule has 20 heavy (non-hydrogen) atoms. The van der Waals surface area contributed by atoms with Crippen molar-refractivity contribution in [2.45, 2.75) is 64.2 Å². The Morgan fingerprint density at radius 1 is 1.30 bits per heavy atom. The van der Waals surface area contributed by atoms with Gasteiger partial charge in [-0.2, -0.15) is 0 Å². The van der Waals surface area contributed by atoms with Gasteiger partial charge < -0.3 is 10.3 Å². The van der Waals surface area contributed by atoms with E-state index in [1.807, 2.05) is 6.20 Å². The molecule has 0 spiro atoms. The van der Waals surface area contributed by atoms with Crippen LogP contribution in [0, 0.1) is 5.92 Å². The van der Waals surface area contributed by atoms with E-state index in [-0.39, 0.29) is 5.91 Å². The molecule has 0 aliphatic heterocycles. The van der Waals surface area contributed by atoms with Gasteiger partial charge in [0.25, 0.3) is 0 Å². The molecule has 0 unspecified atom stereocenters. The lowest BCUT2D eigenvalue weighted by molar-refractivity contribution is -0.121. The van der Waals surface area contributed by atoms with Gasteiger partial charge in [-0.25, -0.2) is 4.98 Å². The summed E-state index contributed by atoms with van der Waals surface area (Å²) >= 11 is 0. The number of hydrogen-bond acceptors (Lipinski definition) is 2. The van der Waals surface area contributed by atoms with Crippen LogP contribution in [-0.2, 0) is 11.2 Å². The van der Waals surface area contributed by atoms with E-state index in [0.29, 0.717) is 6.42 Å². The molecule has 1 saturated carbocycles. The van der Waals surface area contributed by atoms with Crippen LogP contribution in [0.2, 0.25) is 0 Å². The van der Waals surface area contributed by atoms with Crippen LogP contribution in [0.25, 0.3) is 0 Å². The molecule has 0 saturated heterocycles. The zero-order valence-corrected chi connectivity index (χ0v) is 12.4. The minimum absolute atomic E-state index is 0.230. The number of carbonyl (C=O) groups excluding carboxylic acids is 1. The maximum atomic E-state index is 11.7. The van der Waals surface area contributed by atoms with Crippen molar-refractivity contribution < 1.29 is 4.79 Å². The van der Waals surface area contributed by atoms with Crippen LogP contribution < -0.4 is 5.32 Å². The molecule has 0 aromatic carbocycles. The third-order valence-electron chi connectivity index (χ3n) is 4.22. The number of hydrogen-bond donors (Lipinski definition) is 2. The fourth-order valence-corrected chi connectivity index (χ4v) is 2.98. The van der Waals surface area contributed by atoms with Gasteiger partial charge in [0, 0.05) is 31.8 Å². The van der Waals surface area contributed by atoms with E-state index in [0.717, 1.165) is 44.0 Å². The first-order chi connectivity index (χ1) is 9.84. The molecule has 1 fully saturated rings. The standard InChI is InChI=1S/C16H27N3O/c20-16(10-9-14-6-2-1-3-7-14)19-11-5-4-8-15-17-12-13-18-15/h12-14H,1-11H2,(H,17,18)(H,19,20). The summed E-state index contributed by atoms with van der Waals surface area (Å²) in [5, 5.41) is 3.03. The number of aromatic nitrogens is 2. The summed E-state index contributed by atoms with van der Waals surface area (Å²) in [6, 6.07) is 0. The molecule has 0 radical (unpaired) electrons. The molecule has 1 heterocycles. The van der Waals surface area contributed by atoms with E-state index < -0.39 is 0 Å². The lowest BCUT2D eigenvalue weighted by Crippen LogP contribution is -2.25. The van der Waals surface area contributed by atoms with E-state index in [1.54, 1.807) is 6.20 Å². The summed E-state index contributed by atoms with van der Waals surface area (Å²) in [5.41, 5.74) is 0. The van der Waals surface area contributed by atoms with E-state index in [2.05, 4.69) is 15.3 Å². The number of carbonyl (C=O) groups is 1. The molecule has 112 valence electrons. The van der Waals surface area contributed by atoms with E-state index in [4.69, 9.17) is 0 Å². The van der Waals surface area contributed by atoms with E-state index in [1.165, 1.54) is 32.1 Å². The van der Waals surface area contributed by atoms with E-state index >= 15 is 0 Å². The lowest BCUT2D eigenvalue weighted by Gasteiger charge is -2.20. The molecule has 4 nitrogen and oxygen atoms in total. The molecule has 4 heteroatoms. The van der Waals surface area contributed by atoms with Crippen molar-refractivity contribution in [1.82, 2.24) is 15.3 Å². The summed E-state index contributed by atoms with van der Waals surface area (Å²) < 4.78 is 0. The number of rotatable bonds is 8. The Morgan fingerprint density at radius 3 is 2.90 bits per heavy atom. The largest absolute Gasteiger partial charge is 0.356 e. The molecule has 0 bridgehead atoms. The Morgan fingerprint density at radius 2 is 2.15 bits per heavy atom. The molecule has 1 aromatic rings. The summed E-state index contributed by atoms with van der Waals surface area (Å²) in [4.78, 5) is 19.0. The summed E-state index contributed by atoms with van der Waals surface area (Å²) in [7, 11) is 0. The fraction of sp³-hybridized carbons (Fsp3) is 0.750. The number of nitrogens with zero attached hydrogens (tertiary/aromatic N) is 1. The molecular formula is C16H27N3O. The van der Waals surface area contributed by atoms with Crippen molar-refractivity contribution in [1.29, 1.82) is 0 Å². The third-order valence-corrected chi connectivity index (χ3v) is 4.22. The highest BCUT2D eigenvalue weighted by atomic mass is 16.1. The topological polar surface area (TPSA) is 57.8 Å². The first-order valence-electron chi connectivity index (χ1n) is 8.09. The van der Waals surface area contributed by atoms with Crippen LogP contribution in [0.5, 0.6) is 0 Å². The predicted octanol–water partition coefficient (Wildman–Crippen LogP) is 3.21. The van der Waals surface area contributed by atoms with Crippen LogP contribution in [0.3, 0.4) is 0 Å². The maximum Gasteiger partial charge on any atom is 0.220 e. The van der Waals surface area contributed by atoms with Gasteiger partial charge in [0.05, 0.1) is 0 Å². The average Bonchev–Trinajstić information content (AvgIpc) is 2.99. The van der Waals surface area contributed by atoms with Gasteiger partial charge in [0.2, 0.25) is 5.91 Å². The van der Waals surface area contributed by atoms with Crippen LogP contribution in [-0.4, -0.2) is 22.4 Å². The minimum atomic E-state index is 0.230. The highest BCUT2D eigenvalue weighted by Gasteiger charge is 2.14. The summed E-state index contributed by atoms with van der Waals surface area (Å²) in [6.45, 7) is 0.796. The number of aryl methyl sites for hydroxylation is 1. The zero-order valence-electron chi connectivity index (χ0n) is 12.4. The van der Waals surface area contributed by atoms with Gasteiger partial charge in [-0.05, 0) is 25.2 Å². The Labute approximate surface area is 121 Å². The minimum Gasteiger partial charge on any atom is -0.356 e. The number of H-pyrrole nitrogens is 1. The Bertz CT molecular complexity index is 369. The van der Waals surface area contributed by atoms with Gasteiger partial charge >= 0.3 is 0 Å². The first-order valence-corrected chi connectivity index (χ1v) is 8.09. The quantitative estimate of drug-likeness (QED) is 0.717. The number of amides is 1. The van der Waals surface area contributed by atoms with Gasteiger partial charge in [0.15, 0.2) is 0 Å². The molecule has 1 amide bonds. The van der Waals surface area contributed by atoms with Gasteiger partial charge in [-0.15, -0.1) is 0 Å². The Kier molecular flexibility index (Phi) is 6.61. The summed E-state index contributed by atoms with van der Waals surface area (Å²) in [5.74, 6) is 2.07. The molecule has 2 N–H and O–H groups in total. The monoisotopic (exact) mass is 277 g/mol. The smallest absolute Gasteiger partial charge is 0.220 e. The second-order valence-electron chi connectivity index (χ2n) is 5.89. The number of imidazole rings is 1. The molecule has 1 aliphatic carbocycles. The molecule has 1 aliphatic rings. The summed E-state index contributed by atoms with van der Waals surface area (Å²) in [6.07, 6.45) is 15.2. The zero-order chi connectivity index (χ0) is 14.0. The van der Waals surface area contributed by atoms with Crippen molar-refractivity contribution in [2.24, 2.45) is 5.92 Å². The molecule has 0 atom stereocenters. The van der Waals surface area contributed by atoms with Crippen molar-refractivity contribution in [3.8, 4) is 0 Å².